The maximum Gasteiger partial charge on any atom is 0.265 e. The highest BCUT2D eigenvalue weighted by molar-refractivity contribution is 8.26. The Morgan fingerprint density at radius 1 is 1.14 bits per heavy atom. The summed E-state index contributed by atoms with van der Waals surface area (Å²) in [5.74, 6) is 1.39. The summed E-state index contributed by atoms with van der Waals surface area (Å²) < 4.78 is 17.5. The quantitative estimate of drug-likeness (QED) is 0.311. The van der Waals surface area contributed by atoms with Gasteiger partial charge in [0.05, 0.1) is 17.0 Å². The van der Waals surface area contributed by atoms with Crippen molar-refractivity contribution in [3.05, 3.63) is 56.9 Å². The molecule has 0 aromatic heterocycles. The van der Waals surface area contributed by atoms with Gasteiger partial charge in [-0.25, -0.2) is 0 Å². The maximum atomic E-state index is 12.3. The summed E-state index contributed by atoms with van der Waals surface area (Å²) in [6.45, 7) is 0.480. The summed E-state index contributed by atoms with van der Waals surface area (Å²) in [7, 11) is 3.21. The third-order valence-electron chi connectivity index (χ3n) is 3.98. The molecular weight excluding hydrogens is 453 g/mol. The highest BCUT2D eigenvalue weighted by atomic mass is 35.5. The van der Waals surface area contributed by atoms with Crippen molar-refractivity contribution in [2.45, 2.75) is 0 Å². The van der Waals surface area contributed by atoms with Crippen LogP contribution >= 0.6 is 47.2 Å². The number of likely N-dealkylation sites (N-methyl/N-ethyl adjacent to an activating group) is 1. The van der Waals surface area contributed by atoms with E-state index in [4.69, 9.17) is 49.6 Å². The SMILES string of the molecule is COc1cccc(/C=C2\SC(=S)N(C)C2=O)c1OCCOc1cc(Cl)ccc1Cl. The van der Waals surface area contributed by atoms with Crippen LogP contribution in [0, 0.1) is 0 Å². The molecular formula is C20H17Cl2NO4S2. The van der Waals surface area contributed by atoms with Crippen LogP contribution in [0.5, 0.6) is 17.2 Å². The second kappa shape index (κ2) is 9.71. The van der Waals surface area contributed by atoms with Crippen molar-refractivity contribution in [2.75, 3.05) is 27.4 Å². The average Bonchev–Trinajstić information content (AvgIpc) is 2.95. The number of hydrogen-bond acceptors (Lipinski definition) is 6. The van der Waals surface area contributed by atoms with Crippen LogP contribution in [-0.2, 0) is 4.79 Å². The summed E-state index contributed by atoms with van der Waals surface area (Å²) in [5, 5.41) is 1.000. The number of nitrogens with zero attached hydrogens (tertiary/aromatic N) is 1. The van der Waals surface area contributed by atoms with Crippen LogP contribution in [-0.4, -0.2) is 42.5 Å². The Morgan fingerprint density at radius 2 is 1.90 bits per heavy atom. The lowest BCUT2D eigenvalue weighted by Gasteiger charge is -2.14. The number of thiocarbonyl (C=S) groups is 1. The Bertz CT molecular complexity index is 981. The fourth-order valence-electron chi connectivity index (χ4n) is 2.53. The minimum absolute atomic E-state index is 0.146. The third kappa shape index (κ3) is 5.17. The van der Waals surface area contributed by atoms with Crippen LogP contribution in [0.3, 0.4) is 0 Å². The van der Waals surface area contributed by atoms with E-state index in [1.807, 2.05) is 12.1 Å². The van der Waals surface area contributed by atoms with Gasteiger partial charge in [0.1, 0.15) is 23.3 Å². The molecule has 0 N–H and O–H groups in total. The molecule has 2 aromatic rings. The van der Waals surface area contributed by atoms with Crippen molar-refractivity contribution in [2.24, 2.45) is 0 Å². The van der Waals surface area contributed by atoms with Crippen LogP contribution in [0.15, 0.2) is 41.3 Å². The Balaban J connectivity index is 1.74. The Kier molecular flexibility index (Phi) is 7.29. The van der Waals surface area contributed by atoms with Crippen LogP contribution in [0.25, 0.3) is 6.08 Å². The number of carbonyl (C=O) groups excluding carboxylic acids is 1. The number of benzene rings is 2. The van der Waals surface area contributed by atoms with E-state index >= 15 is 0 Å². The predicted octanol–water partition coefficient (Wildman–Crippen LogP) is 5.29. The molecule has 29 heavy (non-hydrogen) atoms. The molecule has 0 atom stereocenters. The van der Waals surface area contributed by atoms with Crippen molar-refractivity contribution in [1.29, 1.82) is 0 Å². The first kappa shape index (κ1) is 21.8. The molecule has 0 unspecified atom stereocenters. The first-order valence-electron chi connectivity index (χ1n) is 8.50. The predicted molar refractivity (Wildman–Crippen MR) is 121 cm³/mol. The molecule has 2 aromatic carbocycles. The summed E-state index contributed by atoms with van der Waals surface area (Å²) >= 11 is 18.5. The molecule has 0 aliphatic carbocycles. The lowest BCUT2D eigenvalue weighted by Crippen LogP contribution is -2.22. The monoisotopic (exact) mass is 469 g/mol. The fraction of sp³-hybridized carbons (Fsp3) is 0.200. The molecule has 5 nitrogen and oxygen atoms in total. The number of rotatable bonds is 7. The topological polar surface area (TPSA) is 48.0 Å². The van der Waals surface area contributed by atoms with Crippen molar-refractivity contribution < 1.29 is 19.0 Å². The number of para-hydroxylation sites is 1. The van der Waals surface area contributed by atoms with Gasteiger partial charge in [-0.05, 0) is 24.3 Å². The first-order valence-corrected chi connectivity index (χ1v) is 10.5. The summed E-state index contributed by atoms with van der Waals surface area (Å²) in [6.07, 6.45) is 1.75. The van der Waals surface area contributed by atoms with E-state index in [0.717, 1.165) is 0 Å². The Labute approximate surface area is 188 Å². The number of carbonyl (C=O) groups is 1. The van der Waals surface area contributed by atoms with Gasteiger partial charge in [-0.1, -0.05) is 59.3 Å². The molecule has 0 radical (unpaired) electrons. The molecule has 0 saturated carbocycles. The molecule has 0 spiro atoms. The fourth-order valence-corrected chi connectivity index (χ4v) is 4.04. The second-order valence-corrected chi connectivity index (χ2v) is 8.41. The zero-order valence-corrected chi connectivity index (χ0v) is 18.8. The van der Waals surface area contributed by atoms with Crippen molar-refractivity contribution >= 4 is 63.5 Å². The normalized spacial score (nSPS) is 15.2. The van der Waals surface area contributed by atoms with Gasteiger partial charge < -0.3 is 14.2 Å². The average molecular weight is 470 g/mol. The molecule has 1 heterocycles. The van der Waals surface area contributed by atoms with Gasteiger partial charge >= 0.3 is 0 Å². The van der Waals surface area contributed by atoms with Crippen molar-refractivity contribution in [3.8, 4) is 17.2 Å². The highest BCUT2D eigenvalue weighted by Crippen LogP contribution is 2.37. The molecule has 1 aliphatic heterocycles. The van der Waals surface area contributed by atoms with Gasteiger partial charge in [-0.2, -0.15) is 0 Å². The molecule has 1 amide bonds. The zero-order chi connectivity index (χ0) is 21.0. The number of hydrogen-bond donors (Lipinski definition) is 0. The van der Waals surface area contributed by atoms with Gasteiger partial charge in [0.2, 0.25) is 0 Å². The van der Waals surface area contributed by atoms with E-state index in [-0.39, 0.29) is 19.1 Å². The van der Waals surface area contributed by atoms with Gasteiger partial charge in [0.15, 0.2) is 11.5 Å². The van der Waals surface area contributed by atoms with Crippen LogP contribution < -0.4 is 14.2 Å². The molecule has 152 valence electrons. The van der Waals surface area contributed by atoms with Gasteiger partial charge in [-0.15, -0.1) is 0 Å². The Morgan fingerprint density at radius 3 is 2.59 bits per heavy atom. The zero-order valence-electron chi connectivity index (χ0n) is 15.6. The minimum atomic E-state index is -0.146. The molecule has 1 fully saturated rings. The van der Waals surface area contributed by atoms with E-state index in [9.17, 15) is 4.79 Å². The minimum Gasteiger partial charge on any atom is -0.493 e. The number of ether oxygens (including phenoxy) is 3. The largest absolute Gasteiger partial charge is 0.493 e. The lowest BCUT2D eigenvalue weighted by atomic mass is 10.1. The van der Waals surface area contributed by atoms with Gasteiger partial charge in [0.25, 0.3) is 5.91 Å². The van der Waals surface area contributed by atoms with Crippen molar-refractivity contribution in [3.63, 3.8) is 0 Å². The number of methoxy groups -OCH3 is 1. The molecule has 1 saturated heterocycles. The van der Waals surface area contributed by atoms with E-state index in [1.165, 1.54) is 16.7 Å². The first-order chi connectivity index (χ1) is 13.9. The highest BCUT2D eigenvalue weighted by Gasteiger charge is 2.29. The van der Waals surface area contributed by atoms with E-state index in [2.05, 4.69) is 0 Å². The van der Waals surface area contributed by atoms with E-state index in [0.29, 0.717) is 42.1 Å². The Hall–Kier alpha value is -1.93. The standard InChI is InChI=1S/C20H17Cl2NO4S2/c1-23-19(24)17(29-20(23)28)10-12-4-3-5-15(25-2)18(12)27-9-8-26-16-11-13(21)6-7-14(16)22/h3-7,10-11H,8-9H2,1-2H3/b17-10-. The molecule has 3 rings (SSSR count). The summed E-state index contributed by atoms with van der Waals surface area (Å²) in [6, 6.07) is 10.5. The molecule has 0 bridgehead atoms. The van der Waals surface area contributed by atoms with Gasteiger partial charge in [0, 0.05) is 23.7 Å². The molecule has 1 aliphatic rings. The van der Waals surface area contributed by atoms with E-state index in [1.54, 1.807) is 44.5 Å². The van der Waals surface area contributed by atoms with Crippen LogP contribution in [0.1, 0.15) is 5.56 Å². The van der Waals surface area contributed by atoms with Crippen molar-refractivity contribution in [1.82, 2.24) is 4.90 Å². The number of amides is 1. The summed E-state index contributed by atoms with van der Waals surface area (Å²) in [4.78, 5) is 14.3. The number of halogens is 2. The lowest BCUT2D eigenvalue weighted by molar-refractivity contribution is -0.121. The van der Waals surface area contributed by atoms with Crippen LogP contribution in [0.4, 0.5) is 0 Å². The third-order valence-corrected chi connectivity index (χ3v) is 6.02. The molecule has 9 heteroatoms. The maximum absolute atomic E-state index is 12.3. The second-order valence-electron chi connectivity index (χ2n) is 5.89. The number of thioether (sulfide) groups is 1. The van der Waals surface area contributed by atoms with E-state index < -0.39 is 0 Å². The van der Waals surface area contributed by atoms with Gasteiger partial charge in [-0.3, -0.25) is 9.69 Å². The van der Waals surface area contributed by atoms with Crippen LogP contribution in [0.2, 0.25) is 10.0 Å². The smallest absolute Gasteiger partial charge is 0.265 e. The summed E-state index contributed by atoms with van der Waals surface area (Å²) in [5.41, 5.74) is 0.707.